The summed E-state index contributed by atoms with van der Waals surface area (Å²) in [5, 5.41) is 34.6. The maximum Gasteiger partial charge on any atom is 0.229 e. The van der Waals surface area contributed by atoms with Gasteiger partial charge in [-0.05, 0) is 73.2 Å². The number of carbonyl (C=O) groups excluding carboxylic acids is 1. The van der Waals surface area contributed by atoms with E-state index in [1.165, 1.54) is 24.3 Å². The van der Waals surface area contributed by atoms with Gasteiger partial charge < -0.3 is 26.4 Å². The van der Waals surface area contributed by atoms with Gasteiger partial charge in [-0.2, -0.15) is 0 Å². The molecule has 0 aromatic heterocycles. The highest BCUT2D eigenvalue weighted by Gasteiger charge is 2.24. The van der Waals surface area contributed by atoms with Gasteiger partial charge in [-0.15, -0.1) is 0 Å². The molecular weight excluding hydrogens is 542 g/mol. The Labute approximate surface area is 233 Å². The molecule has 39 heavy (non-hydrogen) atoms. The van der Waals surface area contributed by atoms with Crippen LogP contribution >= 0.6 is 11.6 Å². The molecule has 0 saturated carbocycles. The molecule has 210 valence electrons. The number of rotatable bonds is 12. The molecule has 0 bridgehead atoms. The highest BCUT2D eigenvalue weighted by atomic mass is 35.5. The fraction of sp³-hybridized carbons (Fsp3) is 0.321. The van der Waals surface area contributed by atoms with E-state index < -0.39 is 33.5 Å². The first kappa shape index (κ1) is 30.2. The van der Waals surface area contributed by atoms with Gasteiger partial charge in [0.2, 0.25) is 15.9 Å². The third kappa shape index (κ3) is 8.86. The molecule has 0 radical (unpaired) electrons. The van der Waals surface area contributed by atoms with Crippen molar-refractivity contribution in [2.75, 3.05) is 17.5 Å². The van der Waals surface area contributed by atoms with Crippen LogP contribution < -0.4 is 15.8 Å². The molecule has 3 rings (SSSR count). The summed E-state index contributed by atoms with van der Waals surface area (Å²) in [6.45, 7) is 4.10. The first-order valence-corrected chi connectivity index (χ1v) is 14.5. The zero-order valence-electron chi connectivity index (χ0n) is 22.0. The number of amides is 1. The number of primary amides is 1. The number of aliphatic hydroxyl groups is 1. The Kier molecular flexibility index (Phi) is 9.50. The Morgan fingerprint density at radius 1 is 1.03 bits per heavy atom. The van der Waals surface area contributed by atoms with Crippen LogP contribution in [0.2, 0.25) is 5.02 Å². The minimum atomic E-state index is -3.60. The standard InChI is InChI=1S/C28H34ClN3O6S/c1-28(2,31-16-26(35)20-8-10-24(33)23(13-20)32-39(3,37)38)15-17-5-4-6-18(11-17)22(27(30)36)12-19-7-9-21(29)14-25(19)34/h4-11,13-14,22,26,31-35H,12,15-16H2,1-3H3,(H2,30,36)/t22?,26-/m0/s1. The van der Waals surface area contributed by atoms with Crippen molar-refractivity contribution in [3.8, 4) is 11.5 Å². The lowest BCUT2D eigenvalue weighted by Crippen LogP contribution is -2.43. The Balaban J connectivity index is 1.70. The minimum absolute atomic E-state index is 0.00152. The van der Waals surface area contributed by atoms with Gasteiger partial charge in [0.15, 0.2) is 0 Å². The number of phenols is 2. The fourth-order valence-electron chi connectivity index (χ4n) is 4.34. The molecule has 0 aliphatic carbocycles. The molecule has 11 heteroatoms. The molecule has 0 heterocycles. The monoisotopic (exact) mass is 575 g/mol. The molecule has 0 spiro atoms. The van der Waals surface area contributed by atoms with E-state index >= 15 is 0 Å². The maximum atomic E-state index is 12.3. The van der Waals surface area contributed by atoms with Gasteiger partial charge in [0, 0.05) is 17.1 Å². The molecule has 2 atom stereocenters. The van der Waals surface area contributed by atoms with E-state index in [1.54, 1.807) is 12.1 Å². The summed E-state index contributed by atoms with van der Waals surface area (Å²) < 4.78 is 25.3. The number of hydrogen-bond acceptors (Lipinski definition) is 7. The van der Waals surface area contributed by atoms with E-state index in [0.717, 1.165) is 17.4 Å². The Bertz CT molecular complexity index is 1440. The number of nitrogens with two attached hydrogens (primary N) is 1. The van der Waals surface area contributed by atoms with Crippen molar-refractivity contribution in [2.24, 2.45) is 5.73 Å². The molecule has 3 aromatic carbocycles. The zero-order chi connectivity index (χ0) is 29.0. The van der Waals surface area contributed by atoms with Gasteiger partial charge in [-0.1, -0.05) is 48.0 Å². The van der Waals surface area contributed by atoms with Crippen molar-refractivity contribution in [1.29, 1.82) is 0 Å². The third-order valence-electron chi connectivity index (χ3n) is 6.29. The Hall–Kier alpha value is -3.31. The number of carbonyl (C=O) groups is 1. The van der Waals surface area contributed by atoms with E-state index in [0.29, 0.717) is 22.6 Å². The van der Waals surface area contributed by atoms with Crippen LogP contribution in [-0.2, 0) is 27.7 Å². The summed E-state index contributed by atoms with van der Waals surface area (Å²) in [7, 11) is -3.60. The summed E-state index contributed by atoms with van der Waals surface area (Å²) in [5.74, 6) is -1.41. The normalized spacial score (nSPS) is 13.6. The van der Waals surface area contributed by atoms with E-state index in [2.05, 4.69) is 10.0 Å². The minimum Gasteiger partial charge on any atom is -0.508 e. The molecular formula is C28H34ClN3O6S. The van der Waals surface area contributed by atoms with E-state index in [9.17, 15) is 28.5 Å². The van der Waals surface area contributed by atoms with Gasteiger partial charge in [-0.3, -0.25) is 9.52 Å². The number of phenolic OH excluding ortho intramolecular Hbond substituents is 2. The van der Waals surface area contributed by atoms with Crippen LogP contribution in [0, 0.1) is 0 Å². The average molecular weight is 576 g/mol. The van der Waals surface area contributed by atoms with Crippen LogP contribution in [-0.4, -0.2) is 48.0 Å². The number of nitrogens with one attached hydrogen (secondary N) is 2. The van der Waals surface area contributed by atoms with Crippen LogP contribution in [0.15, 0.2) is 60.7 Å². The second kappa shape index (κ2) is 12.3. The summed E-state index contributed by atoms with van der Waals surface area (Å²) in [6.07, 6.45) is 0.782. The number of β-amino-alcohol motifs (C(OH)–C–C–N with tert-alkyl or cyclic N) is 1. The van der Waals surface area contributed by atoms with Crippen molar-refractivity contribution in [3.05, 3.63) is 87.9 Å². The summed E-state index contributed by atoms with van der Waals surface area (Å²) in [4.78, 5) is 12.3. The molecule has 7 N–H and O–H groups in total. The van der Waals surface area contributed by atoms with Gasteiger partial charge in [0.05, 0.1) is 24.0 Å². The van der Waals surface area contributed by atoms with Gasteiger partial charge in [0.25, 0.3) is 0 Å². The number of anilines is 1. The topological polar surface area (TPSA) is 162 Å². The van der Waals surface area contributed by atoms with Gasteiger partial charge >= 0.3 is 0 Å². The highest BCUT2D eigenvalue weighted by molar-refractivity contribution is 7.92. The molecule has 0 aliphatic heterocycles. The van der Waals surface area contributed by atoms with Crippen molar-refractivity contribution >= 4 is 33.2 Å². The molecule has 9 nitrogen and oxygen atoms in total. The van der Waals surface area contributed by atoms with Gasteiger partial charge in [0.1, 0.15) is 11.5 Å². The lowest BCUT2D eigenvalue weighted by atomic mass is 9.87. The first-order chi connectivity index (χ1) is 18.1. The number of aliphatic hydroxyl groups excluding tert-OH is 1. The fourth-order valence-corrected chi connectivity index (χ4v) is 5.07. The number of sulfonamides is 1. The van der Waals surface area contributed by atoms with Gasteiger partial charge in [-0.25, -0.2) is 8.42 Å². The molecule has 0 fully saturated rings. The second-order valence-electron chi connectivity index (χ2n) is 10.3. The molecule has 0 aliphatic rings. The first-order valence-electron chi connectivity index (χ1n) is 12.2. The highest BCUT2D eigenvalue weighted by Crippen LogP contribution is 2.30. The smallest absolute Gasteiger partial charge is 0.229 e. The lowest BCUT2D eigenvalue weighted by molar-refractivity contribution is -0.119. The maximum absolute atomic E-state index is 12.3. The Morgan fingerprint density at radius 3 is 2.38 bits per heavy atom. The number of aromatic hydroxyl groups is 2. The van der Waals surface area contributed by atoms with E-state index in [1.807, 2.05) is 38.1 Å². The number of hydrogen-bond donors (Lipinski definition) is 6. The van der Waals surface area contributed by atoms with Crippen molar-refractivity contribution < 1.29 is 28.5 Å². The second-order valence-corrected chi connectivity index (χ2v) is 12.5. The number of benzene rings is 3. The average Bonchev–Trinajstić information content (AvgIpc) is 2.82. The van der Waals surface area contributed by atoms with Crippen LogP contribution in [0.4, 0.5) is 5.69 Å². The van der Waals surface area contributed by atoms with Crippen LogP contribution in [0.1, 0.15) is 48.1 Å². The predicted molar refractivity (Wildman–Crippen MR) is 153 cm³/mol. The number of halogens is 1. The molecule has 1 amide bonds. The quantitative estimate of drug-likeness (QED) is 0.180. The SMILES string of the molecule is CC(C)(Cc1cccc(C(Cc2ccc(Cl)cc2O)C(N)=O)c1)NC[C@H](O)c1ccc(O)c(NS(C)(=O)=O)c1. The Morgan fingerprint density at radius 2 is 1.74 bits per heavy atom. The van der Waals surface area contributed by atoms with Crippen LogP contribution in [0.3, 0.4) is 0 Å². The van der Waals surface area contributed by atoms with E-state index in [4.69, 9.17) is 17.3 Å². The van der Waals surface area contributed by atoms with Crippen LogP contribution in [0.25, 0.3) is 0 Å². The summed E-state index contributed by atoms with van der Waals surface area (Å²) >= 11 is 5.92. The van der Waals surface area contributed by atoms with Crippen molar-refractivity contribution in [2.45, 2.75) is 44.2 Å². The molecule has 0 saturated heterocycles. The largest absolute Gasteiger partial charge is 0.508 e. The van der Waals surface area contributed by atoms with Crippen molar-refractivity contribution in [3.63, 3.8) is 0 Å². The zero-order valence-corrected chi connectivity index (χ0v) is 23.6. The van der Waals surface area contributed by atoms with Crippen LogP contribution in [0.5, 0.6) is 11.5 Å². The predicted octanol–water partition coefficient (Wildman–Crippen LogP) is 3.58. The molecule has 1 unspecified atom stereocenters. The lowest BCUT2D eigenvalue weighted by Gasteiger charge is -2.28. The summed E-state index contributed by atoms with van der Waals surface area (Å²) in [6, 6.07) is 16.5. The third-order valence-corrected chi connectivity index (χ3v) is 7.11. The summed E-state index contributed by atoms with van der Waals surface area (Å²) in [5.41, 5.74) is 7.90. The van der Waals surface area contributed by atoms with Crippen molar-refractivity contribution in [1.82, 2.24) is 5.32 Å². The molecule has 3 aromatic rings. The van der Waals surface area contributed by atoms with E-state index in [-0.39, 0.29) is 30.2 Å².